The van der Waals surface area contributed by atoms with Crippen LogP contribution in [0.15, 0.2) is 16.6 Å². The third-order valence-corrected chi connectivity index (χ3v) is 3.58. The van der Waals surface area contributed by atoms with Gasteiger partial charge < -0.3 is 10.6 Å². The van der Waals surface area contributed by atoms with Gasteiger partial charge in [0.05, 0.1) is 5.69 Å². The first-order valence-corrected chi connectivity index (χ1v) is 6.25. The highest BCUT2D eigenvalue weighted by Crippen LogP contribution is 2.32. The molecule has 1 aromatic rings. The second-order valence-electron chi connectivity index (χ2n) is 4.16. The number of nitrogens with two attached hydrogens (primary N) is 1. The molecule has 0 aliphatic carbocycles. The Labute approximate surface area is 104 Å². The van der Waals surface area contributed by atoms with Gasteiger partial charge in [-0.15, -0.1) is 0 Å². The van der Waals surface area contributed by atoms with Crippen LogP contribution in [0.3, 0.4) is 0 Å². The van der Waals surface area contributed by atoms with E-state index < -0.39 is 0 Å². The van der Waals surface area contributed by atoms with E-state index in [1.807, 2.05) is 24.0 Å². The lowest BCUT2D eigenvalue weighted by Crippen LogP contribution is -2.35. The summed E-state index contributed by atoms with van der Waals surface area (Å²) >= 11 is 3.49. The van der Waals surface area contributed by atoms with E-state index in [9.17, 15) is 4.79 Å². The number of halogens is 1. The van der Waals surface area contributed by atoms with Gasteiger partial charge in [-0.3, -0.25) is 4.79 Å². The first kappa shape index (κ1) is 11.5. The number of carbonyl (C=O) groups is 1. The molecule has 1 amide bonds. The van der Waals surface area contributed by atoms with Crippen molar-refractivity contribution in [2.75, 3.05) is 17.2 Å². The molecule has 1 fully saturated rings. The van der Waals surface area contributed by atoms with E-state index in [1.54, 1.807) is 0 Å². The topological polar surface area (TPSA) is 46.3 Å². The van der Waals surface area contributed by atoms with E-state index >= 15 is 0 Å². The summed E-state index contributed by atoms with van der Waals surface area (Å²) in [5, 5.41) is 0. The minimum absolute atomic E-state index is 0.190. The number of aryl methyl sites for hydroxylation is 1. The summed E-state index contributed by atoms with van der Waals surface area (Å²) in [6, 6.07) is 3.84. The standard InChI is InChI=1S/C12H15BrN2O/c1-8-6-9(13)11(7-10(8)14)15-5-3-2-4-12(15)16/h6-7H,2-5,14H2,1H3. The van der Waals surface area contributed by atoms with Crippen LogP contribution in [-0.2, 0) is 4.79 Å². The Bertz CT molecular complexity index is 431. The van der Waals surface area contributed by atoms with Crippen LogP contribution in [0.2, 0.25) is 0 Å². The normalized spacial score (nSPS) is 16.6. The molecule has 0 spiro atoms. The molecular formula is C12H15BrN2O. The summed E-state index contributed by atoms with van der Waals surface area (Å²) in [5.74, 6) is 0.190. The maximum atomic E-state index is 11.8. The number of benzene rings is 1. The number of amides is 1. The van der Waals surface area contributed by atoms with E-state index in [0.29, 0.717) is 6.42 Å². The van der Waals surface area contributed by atoms with Gasteiger partial charge in [-0.05, 0) is 53.4 Å². The second kappa shape index (κ2) is 4.45. The second-order valence-corrected chi connectivity index (χ2v) is 5.02. The minimum Gasteiger partial charge on any atom is -0.398 e. The molecule has 0 aromatic heterocycles. The number of hydrogen-bond donors (Lipinski definition) is 1. The van der Waals surface area contributed by atoms with E-state index in [4.69, 9.17) is 5.73 Å². The minimum atomic E-state index is 0.190. The van der Waals surface area contributed by atoms with E-state index in [1.165, 1.54) is 0 Å². The third kappa shape index (κ3) is 2.07. The molecule has 1 aliphatic rings. The van der Waals surface area contributed by atoms with Gasteiger partial charge >= 0.3 is 0 Å². The van der Waals surface area contributed by atoms with Crippen LogP contribution in [-0.4, -0.2) is 12.5 Å². The van der Waals surface area contributed by atoms with Crippen molar-refractivity contribution in [3.63, 3.8) is 0 Å². The molecule has 3 nitrogen and oxygen atoms in total. The highest BCUT2D eigenvalue weighted by atomic mass is 79.9. The zero-order valence-electron chi connectivity index (χ0n) is 9.29. The van der Waals surface area contributed by atoms with Crippen LogP contribution in [0.25, 0.3) is 0 Å². The summed E-state index contributed by atoms with van der Waals surface area (Å²) in [4.78, 5) is 13.6. The number of nitrogens with zero attached hydrogens (tertiary/aromatic N) is 1. The van der Waals surface area contributed by atoms with Gasteiger partial charge in [0.15, 0.2) is 0 Å². The smallest absolute Gasteiger partial charge is 0.227 e. The van der Waals surface area contributed by atoms with Crippen molar-refractivity contribution < 1.29 is 4.79 Å². The molecule has 0 saturated carbocycles. The Morgan fingerprint density at radius 2 is 2.12 bits per heavy atom. The summed E-state index contributed by atoms with van der Waals surface area (Å²) in [6.07, 6.45) is 2.69. The zero-order chi connectivity index (χ0) is 11.7. The fraction of sp³-hybridized carbons (Fsp3) is 0.417. The Morgan fingerprint density at radius 1 is 1.38 bits per heavy atom. The average Bonchev–Trinajstić information content (AvgIpc) is 2.25. The number of hydrogen-bond acceptors (Lipinski definition) is 2. The molecular weight excluding hydrogens is 268 g/mol. The van der Waals surface area contributed by atoms with Gasteiger partial charge in [-0.2, -0.15) is 0 Å². The van der Waals surface area contributed by atoms with Crippen molar-refractivity contribution >= 4 is 33.2 Å². The lowest BCUT2D eigenvalue weighted by Gasteiger charge is -2.28. The number of carbonyl (C=O) groups excluding carboxylic acids is 1. The molecule has 2 N–H and O–H groups in total. The van der Waals surface area contributed by atoms with Gasteiger partial charge in [0.2, 0.25) is 5.91 Å². The maximum absolute atomic E-state index is 11.8. The van der Waals surface area contributed by atoms with Crippen LogP contribution in [0.4, 0.5) is 11.4 Å². The largest absolute Gasteiger partial charge is 0.398 e. The van der Waals surface area contributed by atoms with E-state index in [-0.39, 0.29) is 5.91 Å². The van der Waals surface area contributed by atoms with Gasteiger partial charge in [0.25, 0.3) is 0 Å². The van der Waals surface area contributed by atoms with Crippen molar-refractivity contribution in [2.24, 2.45) is 0 Å². The maximum Gasteiger partial charge on any atom is 0.227 e. The molecule has 16 heavy (non-hydrogen) atoms. The fourth-order valence-electron chi connectivity index (χ4n) is 1.94. The molecule has 0 radical (unpaired) electrons. The number of anilines is 2. The molecule has 1 saturated heterocycles. The van der Waals surface area contributed by atoms with Gasteiger partial charge in [0, 0.05) is 23.1 Å². The van der Waals surface area contributed by atoms with Crippen molar-refractivity contribution in [3.8, 4) is 0 Å². The van der Waals surface area contributed by atoms with Gasteiger partial charge in [-0.25, -0.2) is 0 Å². The molecule has 4 heteroatoms. The number of rotatable bonds is 1. The summed E-state index contributed by atoms with van der Waals surface area (Å²) in [6.45, 7) is 2.75. The van der Waals surface area contributed by atoms with Crippen molar-refractivity contribution in [1.29, 1.82) is 0 Å². The first-order chi connectivity index (χ1) is 7.59. The molecule has 1 heterocycles. The first-order valence-electron chi connectivity index (χ1n) is 5.45. The molecule has 86 valence electrons. The lowest BCUT2D eigenvalue weighted by molar-refractivity contribution is -0.119. The highest BCUT2D eigenvalue weighted by Gasteiger charge is 2.21. The van der Waals surface area contributed by atoms with Crippen molar-refractivity contribution in [3.05, 3.63) is 22.2 Å². The Kier molecular flexibility index (Phi) is 3.19. The predicted octanol–water partition coefficient (Wildman–Crippen LogP) is 2.86. The summed E-state index contributed by atoms with van der Waals surface area (Å²) in [5.41, 5.74) is 8.54. The van der Waals surface area contributed by atoms with E-state index in [2.05, 4.69) is 15.9 Å². The monoisotopic (exact) mass is 282 g/mol. The van der Waals surface area contributed by atoms with Crippen LogP contribution in [0.1, 0.15) is 24.8 Å². The van der Waals surface area contributed by atoms with Crippen molar-refractivity contribution in [1.82, 2.24) is 0 Å². The Morgan fingerprint density at radius 3 is 2.81 bits per heavy atom. The number of nitrogen functional groups attached to an aromatic ring is 1. The van der Waals surface area contributed by atoms with Crippen LogP contribution < -0.4 is 10.6 Å². The SMILES string of the molecule is Cc1cc(Br)c(N2CCCCC2=O)cc1N. The lowest BCUT2D eigenvalue weighted by atomic mass is 10.1. The van der Waals surface area contributed by atoms with E-state index in [0.717, 1.165) is 40.8 Å². The molecule has 1 aliphatic heterocycles. The van der Waals surface area contributed by atoms with Crippen LogP contribution in [0, 0.1) is 6.92 Å². The fourth-order valence-corrected chi connectivity index (χ4v) is 2.62. The third-order valence-electron chi connectivity index (χ3n) is 2.95. The highest BCUT2D eigenvalue weighted by molar-refractivity contribution is 9.10. The summed E-state index contributed by atoms with van der Waals surface area (Å²) in [7, 11) is 0. The molecule has 0 bridgehead atoms. The predicted molar refractivity (Wildman–Crippen MR) is 69.5 cm³/mol. The number of piperidine rings is 1. The molecule has 2 rings (SSSR count). The zero-order valence-corrected chi connectivity index (χ0v) is 10.9. The Hall–Kier alpha value is -1.03. The van der Waals surface area contributed by atoms with Crippen LogP contribution in [0.5, 0.6) is 0 Å². The molecule has 1 aromatic carbocycles. The van der Waals surface area contributed by atoms with Crippen molar-refractivity contribution in [2.45, 2.75) is 26.2 Å². The quantitative estimate of drug-likeness (QED) is 0.805. The van der Waals surface area contributed by atoms with Gasteiger partial charge in [-0.1, -0.05) is 0 Å². The van der Waals surface area contributed by atoms with Crippen LogP contribution >= 0.6 is 15.9 Å². The molecule has 0 atom stereocenters. The van der Waals surface area contributed by atoms with Gasteiger partial charge in [0.1, 0.15) is 0 Å². The average molecular weight is 283 g/mol. The summed E-state index contributed by atoms with van der Waals surface area (Å²) < 4.78 is 0.939. The molecule has 0 unspecified atom stereocenters. The Balaban J connectivity index is 2.39.